The zero-order valence-electron chi connectivity index (χ0n) is 24.2. The highest BCUT2D eigenvalue weighted by Gasteiger charge is 2.34. The number of phenols is 1. The van der Waals surface area contributed by atoms with Crippen molar-refractivity contribution in [3.8, 4) is 5.75 Å². The van der Waals surface area contributed by atoms with E-state index >= 15 is 0 Å². The van der Waals surface area contributed by atoms with Crippen molar-refractivity contribution >= 4 is 45.3 Å². The Morgan fingerprint density at radius 2 is 1.95 bits per heavy atom. The SMILES string of the molecule is CC(C)[C@H](NC(=O)CCOCCSSc1ccccn1)C(=O)N[C@@H](Cc1cccc(O)c1)C(=O)N1CCC[C@@H](C(=O)O)N1. The maximum Gasteiger partial charge on any atom is 0.322 e. The van der Waals surface area contributed by atoms with Crippen LogP contribution in [0.15, 0.2) is 53.7 Å². The van der Waals surface area contributed by atoms with Crippen molar-refractivity contribution in [2.75, 3.05) is 25.5 Å². The number of amides is 3. The molecule has 1 fully saturated rings. The van der Waals surface area contributed by atoms with E-state index in [-0.39, 0.29) is 43.6 Å². The summed E-state index contributed by atoms with van der Waals surface area (Å²) in [7, 11) is 3.15. The van der Waals surface area contributed by atoms with E-state index in [1.807, 2.05) is 18.2 Å². The van der Waals surface area contributed by atoms with Gasteiger partial charge >= 0.3 is 5.97 Å². The predicted octanol–water partition coefficient (Wildman–Crippen LogP) is 2.38. The van der Waals surface area contributed by atoms with Gasteiger partial charge in [0.15, 0.2) is 0 Å². The quantitative estimate of drug-likeness (QED) is 0.136. The van der Waals surface area contributed by atoms with Crippen LogP contribution in [0.5, 0.6) is 5.75 Å². The monoisotopic (exact) mass is 633 g/mol. The third-order valence-electron chi connectivity index (χ3n) is 6.55. The minimum Gasteiger partial charge on any atom is -0.508 e. The van der Waals surface area contributed by atoms with Gasteiger partial charge in [-0.3, -0.25) is 24.2 Å². The number of hydrogen-bond acceptors (Lipinski definition) is 10. The average Bonchev–Trinajstić information content (AvgIpc) is 2.99. The number of carbonyl (C=O) groups is 4. The van der Waals surface area contributed by atoms with Crippen molar-refractivity contribution in [2.24, 2.45) is 5.92 Å². The van der Waals surface area contributed by atoms with E-state index in [1.165, 1.54) is 17.1 Å². The molecule has 1 aliphatic heterocycles. The van der Waals surface area contributed by atoms with Gasteiger partial charge in [-0.1, -0.05) is 42.8 Å². The van der Waals surface area contributed by atoms with Gasteiger partial charge in [0.05, 0.1) is 13.2 Å². The molecule has 0 spiro atoms. The summed E-state index contributed by atoms with van der Waals surface area (Å²) in [6.07, 6.45) is 2.71. The summed E-state index contributed by atoms with van der Waals surface area (Å²) in [5.74, 6) is -2.04. The van der Waals surface area contributed by atoms with E-state index in [2.05, 4.69) is 21.0 Å². The van der Waals surface area contributed by atoms with Gasteiger partial charge < -0.3 is 25.6 Å². The number of phenolic OH excluding ortho intramolecular Hbond substituents is 1. The molecule has 0 radical (unpaired) electrons. The van der Waals surface area contributed by atoms with E-state index in [0.717, 1.165) is 5.03 Å². The number of hydrazine groups is 1. The highest BCUT2D eigenvalue weighted by Crippen LogP contribution is 2.28. The smallest absolute Gasteiger partial charge is 0.322 e. The van der Waals surface area contributed by atoms with Crippen LogP contribution < -0.4 is 16.1 Å². The van der Waals surface area contributed by atoms with Gasteiger partial charge in [0, 0.05) is 31.3 Å². The van der Waals surface area contributed by atoms with Crippen LogP contribution in [0.3, 0.4) is 0 Å². The minimum atomic E-state index is -1.07. The van der Waals surface area contributed by atoms with E-state index < -0.39 is 35.9 Å². The van der Waals surface area contributed by atoms with Crippen molar-refractivity contribution < 1.29 is 34.1 Å². The Balaban J connectivity index is 1.54. The molecule has 2 aromatic rings. The van der Waals surface area contributed by atoms with Crippen molar-refractivity contribution in [3.05, 3.63) is 54.2 Å². The van der Waals surface area contributed by atoms with E-state index in [1.54, 1.807) is 53.8 Å². The van der Waals surface area contributed by atoms with E-state index in [4.69, 9.17) is 4.74 Å². The number of hydrogen-bond donors (Lipinski definition) is 5. The summed E-state index contributed by atoms with van der Waals surface area (Å²) in [5, 5.41) is 27.0. The fourth-order valence-electron chi connectivity index (χ4n) is 4.33. The van der Waals surface area contributed by atoms with Crippen LogP contribution in [0, 0.1) is 5.92 Å². The maximum atomic E-state index is 13.5. The molecule has 3 rings (SSSR count). The second-order valence-electron chi connectivity index (χ2n) is 10.3. The number of rotatable bonds is 16. The summed E-state index contributed by atoms with van der Waals surface area (Å²) < 4.78 is 5.57. The fourth-order valence-corrected chi connectivity index (χ4v) is 6.07. The van der Waals surface area contributed by atoms with Gasteiger partial charge in [-0.25, -0.2) is 10.4 Å². The Labute approximate surface area is 259 Å². The van der Waals surface area contributed by atoms with Gasteiger partial charge in [0.2, 0.25) is 11.8 Å². The first-order valence-electron chi connectivity index (χ1n) is 14.1. The Morgan fingerprint density at radius 1 is 1.14 bits per heavy atom. The van der Waals surface area contributed by atoms with Crippen LogP contribution in [0.4, 0.5) is 0 Å². The zero-order chi connectivity index (χ0) is 31.2. The van der Waals surface area contributed by atoms with Crippen molar-refractivity contribution in [3.63, 3.8) is 0 Å². The highest BCUT2D eigenvalue weighted by molar-refractivity contribution is 8.76. The number of aromatic hydroxyl groups is 1. The molecule has 0 bridgehead atoms. The highest BCUT2D eigenvalue weighted by atomic mass is 33.1. The lowest BCUT2D eigenvalue weighted by atomic mass is 10.00. The standard InChI is InChI=1S/C29H39N5O7S2/c1-19(2)26(32-24(36)11-14-41-15-16-42-43-25-10-3-4-12-30-25)27(37)31-23(18-20-7-5-8-21(35)17-20)28(38)34-13-6-9-22(33-34)29(39)40/h3-5,7-8,10,12,17,19,22-23,26,33,35H,6,9,11,13-16,18H2,1-2H3,(H,31,37)(H,32,36)(H,39,40)/t22-,23-,26-/m0/s1. The molecule has 1 saturated heterocycles. The van der Waals surface area contributed by atoms with Gasteiger partial charge in [-0.05, 0) is 59.4 Å². The number of carbonyl (C=O) groups excluding carboxylic acids is 3. The predicted molar refractivity (Wildman–Crippen MR) is 164 cm³/mol. The third kappa shape index (κ3) is 11.7. The number of carboxylic acids is 1. The van der Waals surface area contributed by atoms with Gasteiger partial charge in [0.1, 0.15) is 28.9 Å². The fraction of sp³-hybridized carbons (Fsp3) is 0.483. The van der Waals surface area contributed by atoms with Crippen molar-refractivity contribution in [1.82, 2.24) is 26.1 Å². The largest absolute Gasteiger partial charge is 0.508 e. The first kappa shape index (κ1) is 34.2. The number of ether oxygens (including phenoxy) is 1. The normalized spacial score (nSPS) is 16.3. The van der Waals surface area contributed by atoms with E-state index in [9.17, 15) is 29.4 Å². The average molecular weight is 634 g/mol. The molecule has 43 heavy (non-hydrogen) atoms. The summed E-state index contributed by atoms with van der Waals surface area (Å²) in [6.45, 7) is 4.50. The molecule has 0 unspecified atom stereocenters. The molecule has 1 aromatic heterocycles. The Kier molecular flexibility index (Phi) is 14.1. The Hall–Kier alpha value is -3.33. The van der Waals surface area contributed by atoms with E-state index in [0.29, 0.717) is 30.8 Å². The second kappa shape index (κ2) is 17.7. The molecule has 14 heteroatoms. The Morgan fingerprint density at radius 3 is 2.65 bits per heavy atom. The van der Waals surface area contributed by atoms with Gasteiger partial charge in [-0.15, -0.1) is 0 Å². The zero-order valence-corrected chi connectivity index (χ0v) is 25.9. The molecular weight excluding hydrogens is 594 g/mol. The molecule has 1 aromatic carbocycles. The van der Waals surface area contributed by atoms with Crippen LogP contribution in [-0.4, -0.2) is 87.5 Å². The summed E-state index contributed by atoms with van der Waals surface area (Å²) >= 11 is 0. The van der Waals surface area contributed by atoms with Crippen molar-refractivity contribution in [1.29, 1.82) is 0 Å². The molecule has 234 valence electrons. The molecule has 3 amide bonds. The van der Waals surface area contributed by atoms with Crippen LogP contribution in [0.1, 0.15) is 38.7 Å². The number of aromatic nitrogens is 1. The Bertz CT molecular complexity index is 1220. The lowest BCUT2D eigenvalue weighted by Gasteiger charge is -2.35. The second-order valence-corrected chi connectivity index (χ2v) is 12.7. The van der Waals surface area contributed by atoms with Gasteiger partial charge in [-0.2, -0.15) is 0 Å². The maximum absolute atomic E-state index is 13.5. The van der Waals surface area contributed by atoms with Crippen LogP contribution in [0.2, 0.25) is 0 Å². The number of aliphatic carboxylic acids is 1. The first-order valence-corrected chi connectivity index (χ1v) is 16.4. The molecule has 0 saturated carbocycles. The van der Waals surface area contributed by atoms with Gasteiger partial charge in [0.25, 0.3) is 5.91 Å². The topological polar surface area (TPSA) is 170 Å². The number of carboxylic acid groups (broad SMARTS) is 1. The molecule has 5 N–H and O–H groups in total. The lowest BCUT2D eigenvalue weighted by Crippen LogP contribution is -2.61. The molecular formula is C29H39N5O7S2. The molecule has 1 aliphatic rings. The molecule has 12 nitrogen and oxygen atoms in total. The van der Waals surface area contributed by atoms with Crippen LogP contribution in [-0.2, 0) is 30.3 Å². The summed E-state index contributed by atoms with van der Waals surface area (Å²) in [4.78, 5) is 55.3. The summed E-state index contributed by atoms with van der Waals surface area (Å²) in [5.41, 5.74) is 3.33. The summed E-state index contributed by atoms with van der Waals surface area (Å²) in [6, 6.07) is 9.13. The number of nitrogens with one attached hydrogen (secondary N) is 3. The van der Waals surface area contributed by atoms with Crippen LogP contribution >= 0.6 is 21.6 Å². The number of benzene rings is 1. The number of pyridine rings is 1. The van der Waals surface area contributed by atoms with Crippen LogP contribution in [0.25, 0.3) is 0 Å². The third-order valence-corrected chi connectivity index (χ3v) is 8.78. The first-order chi connectivity index (χ1) is 20.6. The lowest BCUT2D eigenvalue weighted by molar-refractivity contribution is -0.148. The minimum absolute atomic E-state index is 0.0113. The molecule has 2 heterocycles. The molecule has 0 aliphatic carbocycles. The number of nitrogens with zero attached hydrogens (tertiary/aromatic N) is 2. The molecule has 3 atom stereocenters. The van der Waals surface area contributed by atoms with Crippen molar-refractivity contribution in [2.45, 2.75) is 62.7 Å².